The van der Waals surface area contributed by atoms with Crippen LogP contribution in [0.25, 0.3) is 11.0 Å². The Hall–Kier alpha value is -4.26. The van der Waals surface area contributed by atoms with Crippen molar-refractivity contribution in [2.24, 2.45) is 0 Å². The van der Waals surface area contributed by atoms with Gasteiger partial charge < -0.3 is 25.3 Å². The van der Waals surface area contributed by atoms with Gasteiger partial charge in [0.15, 0.2) is 0 Å². The molecule has 4 N–H and O–H groups in total. The number of fused-ring (bicyclic) bond motifs is 1. The second-order valence-electron chi connectivity index (χ2n) is 9.62. The van der Waals surface area contributed by atoms with Gasteiger partial charge in [-0.1, -0.05) is 96.9 Å². The van der Waals surface area contributed by atoms with Gasteiger partial charge in [-0.2, -0.15) is 0 Å². The Morgan fingerprint density at radius 3 is 1.97 bits per heavy atom. The van der Waals surface area contributed by atoms with Crippen LogP contribution in [0.2, 0.25) is 0 Å². The number of nitrogens with zero attached hydrogens (tertiary/aromatic N) is 3. The molecule has 39 heavy (non-hydrogen) atoms. The highest BCUT2D eigenvalue weighted by Crippen LogP contribution is 2.34. The van der Waals surface area contributed by atoms with Crippen LogP contribution in [0.3, 0.4) is 0 Å². The summed E-state index contributed by atoms with van der Waals surface area (Å²) in [4.78, 5) is 8.73. The van der Waals surface area contributed by atoms with Crippen molar-refractivity contribution in [1.29, 1.82) is 0 Å². The monoisotopic (exact) mass is 532 g/mol. The highest BCUT2D eigenvalue weighted by atomic mass is 28.3. The van der Waals surface area contributed by atoms with Gasteiger partial charge in [0.1, 0.15) is 30.1 Å². The largest absolute Gasteiger partial charge is 0.394 e. The summed E-state index contributed by atoms with van der Waals surface area (Å²) in [5, 5.41) is 24.1. The molecule has 8 heteroatoms. The number of hydrogen-bond donors (Lipinski definition) is 3. The molecule has 0 bridgehead atoms. The highest BCUT2D eigenvalue weighted by molar-refractivity contribution is 7.16. The van der Waals surface area contributed by atoms with Crippen LogP contribution in [0.4, 0.5) is 5.82 Å². The zero-order valence-electron chi connectivity index (χ0n) is 21.2. The van der Waals surface area contributed by atoms with Crippen molar-refractivity contribution in [3.63, 3.8) is 0 Å². The van der Waals surface area contributed by atoms with Gasteiger partial charge >= 0.3 is 0 Å². The first-order valence-electron chi connectivity index (χ1n) is 12.9. The van der Waals surface area contributed by atoms with Crippen molar-refractivity contribution in [1.82, 2.24) is 14.5 Å². The average Bonchev–Trinajstić information content (AvgIpc) is 3.56. The van der Waals surface area contributed by atoms with Crippen molar-refractivity contribution in [2.45, 2.75) is 24.9 Å². The third kappa shape index (κ3) is 4.41. The summed E-state index contributed by atoms with van der Waals surface area (Å²) in [5.74, 6) is 3.83. The Balaban J connectivity index is 1.59. The topological polar surface area (TPSA) is 106 Å². The number of aliphatic hydroxyl groups is 2. The van der Waals surface area contributed by atoms with Gasteiger partial charge in [0.05, 0.1) is 23.7 Å². The second-order valence-corrected chi connectivity index (χ2v) is 13.1. The number of rotatable bonds is 5. The summed E-state index contributed by atoms with van der Waals surface area (Å²) < 4.78 is 7.79. The van der Waals surface area contributed by atoms with Crippen molar-refractivity contribution < 1.29 is 14.9 Å². The molecule has 0 spiro atoms. The zero-order chi connectivity index (χ0) is 26.8. The number of hydrogen-bond acceptors (Lipinski definition) is 6. The predicted molar refractivity (Wildman–Crippen MR) is 154 cm³/mol. The Morgan fingerprint density at radius 2 is 1.46 bits per heavy atom. The molecule has 1 aliphatic heterocycles. The van der Waals surface area contributed by atoms with Gasteiger partial charge in [0.2, 0.25) is 8.07 Å². The Labute approximate surface area is 227 Å². The maximum atomic E-state index is 10.4. The van der Waals surface area contributed by atoms with E-state index in [9.17, 15) is 10.2 Å². The molecule has 0 unspecified atom stereocenters. The lowest BCUT2D eigenvalue weighted by atomic mass is 10.2. The lowest BCUT2D eigenvalue weighted by Crippen LogP contribution is -2.66. The van der Waals surface area contributed by atoms with E-state index in [0.29, 0.717) is 28.8 Å². The molecule has 1 saturated heterocycles. The first kappa shape index (κ1) is 25.0. The predicted octanol–water partition coefficient (Wildman–Crippen LogP) is 1.72. The maximum absolute atomic E-state index is 10.4. The van der Waals surface area contributed by atoms with Gasteiger partial charge in [0, 0.05) is 12.6 Å². The van der Waals surface area contributed by atoms with Crippen LogP contribution in [0, 0.1) is 11.5 Å². The molecule has 0 radical (unpaired) electrons. The maximum Gasteiger partial charge on any atom is 0.230 e. The summed E-state index contributed by atoms with van der Waals surface area (Å²) in [6.07, 6.45) is 1.67. The van der Waals surface area contributed by atoms with E-state index >= 15 is 0 Å². The number of nitrogen functional groups attached to an aromatic ring is 1. The number of nitrogens with two attached hydrogens (primary N) is 1. The molecule has 0 aliphatic carbocycles. The van der Waals surface area contributed by atoms with Crippen LogP contribution in [-0.2, 0) is 4.74 Å². The van der Waals surface area contributed by atoms with E-state index in [0.717, 1.165) is 0 Å². The van der Waals surface area contributed by atoms with E-state index in [1.807, 2.05) is 29.0 Å². The Kier molecular flexibility index (Phi) is 6.73. The van der Waals surface area contributed by atoms with Gasteiger partial charge in [0.25, 0.3) is 0 Å². The van der Waals surface area contributed by atoms with Crippen LogP contribution in [-0.4, -0.2) is 51.6 Å². The number of anilines is 1. The Morgan fingerprint density at radius 1 is 0.897 bits per heavy atom. The lowest BCUT2D eigenvalue weighted by molar-refractivity contribution is -0.0430. The summed E-state index contributed by atoms with van der Waals surface area (Å²) in [7, 11) is -2.82. The third-order valence-electron chi connectivity index (χ3n) is 7.34. The molecule has 3 atom stereocenters. The molecule has 5 aromatic rings. The minimum atomic E-state index is -2.82. The average molecular weight is 533 g/mol. The number of aromatic nitrogens is 3. The van der Waals surface area contributed by atoms with E-state index in [4.69, 9.17) is 10.5 Å². The van der Waals surface area contributed by atoms with Crippen LogP contribution in [0.1, 0.15) is 18.2 Å². The van der Waals surface area contributed by atoms with Crippen LogP contribution in [0.15, 0.2) is 104 Å². The molecular weight excluding hydrogens is 504 g/mol. The summed E-state index contributed by atoms with van der Waals surface area (Å²) in [5.41, 5.74) is 11.4. The first-order valence-corrected chi connectivity index (χ1v) is 14.9. The van der Waals surface area contributed by atoms with Crippen molar-refractivity contribution >= 4 is 40.5 Å². The molecule has 3 aromatic carbocycles. The van der Waals surface area contributed by atoms with Gasteiger partial charge in [-0.05, 0) is 15.6 Å². The molecule has 0 saturated carbocycles. The van der Waals surface area contributed by atoms with Crippen LogP contribution >= 0.6 is 0 Å². The molecule has 0 amide bonds. The molecule has 1 fully saturated rings. The van der Waals surface area contributed by atoms with Gasteiger partial charge in [-0.15, -0.1) is 5.54 Å². The number of aliphatic hydroxyl groups excluding tert-OH is 2. The lowest BCUT2D eigenvalue weighted by Gasteiger charge is -2.28. The molecule has 3 heterocycles. The minimum absolute atomic E-state index is 0.264. The highest BCUT2D eigenvalue weighted by Gasteiger charge is 2.39. The molecule has 6 rings (SSSR count). The van der Waals surface area contributed by atoms with Crippen molar-refractivity contribution in [3.05, 3.63) is 109 Å². The molecule has 7 nitrogen and oxygen atoms in total. The molecular formula is C31H28N4O3Si. The molecule has 1 aliphatic rings. The quantitative estimate of drug-likeness (QED) is 0.181. The second kappa shape index (κ2) is 10.5. The van der Waals surface area contributed by atoms with Crippen LogP contribution < -0.4 is 21.3 Å². The van der Waals surface area contributed by atoms with E-state index in [2.05, 4.69) is 94.2 Å². The third-order valence-corrected chi connectivity index (χ3v) is 11.4. The summed E-state index contributed by atoms with van der Waals surface area (Å²) in [6.45, 7) is -0.264. The van der Waals surface area contributed by atoms with E-state index in [-0.39, 0.29) is 6.61 Å². The number of benzene rings is 3. The fraction of sp³-hybridized carbons (Fsp3) is 0.161. The molecule has 194 valence electrons. The van der Waals surface area contributed by atoms with Gasteiger partial charge in [-0.25, -0.2) is 9.97 Å². The normalized spacial score (nSPS) is 19.1. The standard InChI is InChI=1S/C31H28N4O3Si/c32-30-29-22(19-35(31(29)34-21-33-30)28-18-26(37)27(20-36)38-28)16-17-39(23-10-4-1-5-11-23,24-12-6-2-7-13-24)25-14-8-3-9-15-25/h1-15,19,21,26-28,36-37H,18,20H2,(H2,32,33,34)/t26-,27+,28+/m0/s1. The van der Waals surface area contributed by atoms with Gasteiger partial charge in [-0.3, -0.25) is 0 Å². The fourth-order valence-corrected chi connectivity index (χ4v) is 9.25. The summed E-state index contributed by atoms with van der Waals surface area (Å²) in [6, 6.07) is 31.4. The molecule has 2 aromatic heterocycles. The van der Waals surface area contributed by atoms with Crippen molar-refractivity contribution in [2.75, 3.05) is 12.3 Å². The fourth-order valence-electron chi connectivity index (χ4n) is 5.41. The van der Waals surface area contributed by atoms with E-state index in [1.165, 1.54) is 21.9 Å². The zero-order valence-corrected chi connectivity index (χ0v) is 22.2. The Bertz CT molecular complexity index is 1550. The first-order chi connectivity index (χ1) is 19.1. The summed E-state index contributed by atoms with van der Waals surface area (Å²) >= 11 is 0. The number of ether oxygens (including phenoxy) is 1. The van der Waals surface area contributed by atoms with E-state index in [1.54, 1.807) is 0 Å². The van der Waals surface area contributed by atoms with Crippen LogP contribution in [0.5, 0.6) is 0 Å². The van der Waals surface area contributed by atoms with Crippen molar-refractivity contribution in [3.8, 4) is 11.5 Å². The minimum Gasteiger partial charge on any atom is -0.394 e. The smallest absolute Gasteiger partial charge is 0.230 e. The SMILES string of the molecule is Nc1ncnc2c1c(C#C[Si](c1ccccc1)(c1ccccc1)c1ccccc1)cn2[C@H]1C[C@H](O)[C@@H](CO)O1. The van der Waals surface area contributed by atoms with E-state index < -0.39 is 26.5 Å².